The smallest absolute Gasteiger partial charge is 0.260 e. The molecule has 0 fully saturated rings. The van der Waals surface area contributed by atoms with E-state index in [9.17, 15) is 13.2 Å². The van der Waals surface area contributed by atoms with Crippen molar-refractivity contribution in [2.45, 2.75) is 13.8 Å². The summed E-state index contributed by atoms with van der Waals surface area (Å²) in [6.45, 7) is 3.28. The van der Waals surface area contributed by atoms with E-state index in [0.29, 0.717) is 17.0 Å². The van der Waals surface area contributed by atoms with E-state index in [2.05, 4.69) is 26.5 Å². The lowest BCUT2D eigenvalue weighted by molar-refractivity contribution is -0.119. The van der Waals surface area contributed by atoms with Crippen LogP contribution in [0.5, 0.6) is 5.75 Å². The number of benzene rings is 2. The molecule has 7 nitrogen and oxygen atoms in total. The zero-order valence-electron chi connectivity index (χ0n) is 16.1. The summed E-state index contributed by atoms with van der Waals surface area (Å²) in [7, 11) is -2.12. The van der Waals surface area contributed by atoms with Crippen LogP contribution in [0.15, 0.2) is 46.0 Å². The van der Waals surface area contributed by atoms with Gasteiger partial charge in [-0.05, 0) is 49.2 Å². The summed E-state index contributed by atoms with van der Waals surface area (Å²) >= 11 is 3.36. The second-order valence-corrected chi connectivity index (χ2v) is 9.06. The lowest BCUT2D eigenvalue weighted by Gasteiger charge is -2.23. The van der Waals surface area contributed by atoms with Crippen molar-refractivity contribution in [3.63, 3.8) is 0 Å². The first-order valence-electron chi connectivity index (χ1n) is 8.32. The number of sulfonamides is 1. The fourth-order valence-electron chi connectivity index (χ4n) is 2.51. The summed E-state index contributed by atoms with van der Waals surface area (Å²) in [6, 6.07) is 10.8. The Bertz CT molecular complexity index is 1010. The molecule has 0 heterocycles. The summed E-state index contributed by atoms with van der Waals surface area (Å²) < 4.78 is 31.6. The van der Waals surface area contributed by atoms with Crippen LogP contribution in [0.3, 0.4) is 0 Å². The van der Waals surface area contributed by atoms with Gasteiger partial charge in [-0.25, -0.2) is 13.8 Å². The number of carbonyl (C=O) groups excluding carboxylic acids is 1. The third kappa shape index (κ3) is 5.80. The second kappa shape index (κ2) is 9.20. The Hall–Kier alpha value is -2.39. The maximum atomic E-state index is 12.3. The maximum Gasteiger partial charge on any atom is 0.260 e. The van der Waals surface area contributed by atoms with Crippen LogP contribution >= 0.6 is 15.9 Å². The van der Waals surface area contributed by atoms with Gasteiger partial charge in [-0.3, -0.25) is 9.10 Å². The summed E-state index contributed by atoms with van der Waals surface area (Å²) in [5.41, 5.74) is 5.14. The molecule has 0 aromatic heterocycles. The number of anilines is 1. The van der Waals surface area contributed by atoms with E-state index in [1.165, 1.54) is 13.3 Å². The summed E-state index contributed by atoms with van der Waals surface area (Å²) in [5.74, 6) is 0.0332. The number of methoxy groups -OCH3 is 1. The largest absolute Gasteiger partial charge is 0.496 e. The zero-order valence-corrected chi connectivity index (χ0v) is 18.5. The molecule has 150 valence electrons. The van der Waals surface area contributed by atoms with Crippen molar-refractivity contribution in [3.8, 4) is 5.75 Å². The molecule has 0 aliphatic heterocycles. The van der Waals surface area contributed by atoms with E-state index in [4.69, 9.17) is 4.74 Å². The third-order valence-electron chi connectivity index (χ3n) is 3.91. The molecule has 28 heavy (non-hydrogen) atoms. The van der Waals surface area contributed by atoms with Crippen LogP contribution in [-0.4, -0.2) is 40.4 Å². The molecule has 2 rings (SSSR count). The predicted molar refractivity (Wildman–Crippen MR) is 115 cm³/mol. The molecule has 2 aromatic carbocycles. The van der Waals surface area contributed by atoms with Gasteiger partial charge < -0.3 is 4.74 Å². The number of nitrogens with zero attached hydrogens (tertiary/aromatic N) is 2. The highest BCUT2D eigenvalue weighted by Gasteiger charge is 2.22. The van der Waals surface area contributed by atoms with Crippen molar-refractivity contribution < 1.29 is 17.9 Å². The van der Waals surface area contributed by atoms with Gasteiger partial charge in [-0.1, -0.05) is 28.1 Å². The van der Waals surface area contributed by atoms with Crippen LogP contribution in [0, 0.1) is 13.8 Å². The first-order chi connectivity index (χ1) is 13.1. The normalized spacial score (nSPS) is 11.5. The monoisotopic (exact) mass is 467 g/mol. The highest BCUT2D eigenvalue weighted by atomic mass is 79.9. The van der Waals surface area contributed by atoms with E-state index in [0.717, 1.165) is 26.2 Å². The van der Waals surface area contributed by atoms with Gasteiger partial charge in [-0.15, -0.1) is 0 Å². The Morgan fingerprint density at radius 1 is 1.25 bits per heavy atom. The molecular formula is C19H22BrN3O4S. The molecule has 0 unspecified atom stereocenters. The number of amides is 1. The molecule has 0 saturated carbocycles. The number of hydrazone groups is 1. The van der Waals surface area contributed by atoms with Gasteiger partial charge in [0.15, 0.2) is 0 Å². The second-order valence-electron chi connectivity index (χ2n) is 6.24. The lowest BCUT2D eigenvalue weighted by Crippen LogP contribution is -2.39. The summed E-state index contributed by atoms with van der Waals surface area (Å²) in [4.78, 5) is 12.3. The minimum Gasteiger partial charge on any atom is -0.496 e. The predicted octanol–water partition coefficient (Wildman–Crippen LogP) is 2.99. The first-order valence-corrected chi connectivity index (χ1v) is 11.0. The van der Waals surface area contributed by atoms with Crippen LogP contribution < -0.4 is 14.5 Å². The van der Waals surface area contributed by atoms with E-state index >= 15 is 0 Å². The van der Waals surface area contributed by atoms with Gasteiger partial charge in [0.2, 0.25) is 10.0 Å². The molecule has 0 aliphatic rings. The van der Waals surface area contributed by atoms with Crippen LogP contribution in [0.2, 0.25) is 0 Å². The van der Waals surface area contributed by atoms with Crippen molar-refractivity contribution in [2.24, 2.45) is 5.10 Å². The maximum absolute atomic E-state index is 12.3. The Labute approximate surface area is 173 Å². The van der Waals surface area contributed by atoms with Crippen molar-refractivity contribution in [2.75, 3.05) is 24.2 Å². The lowest BCUT2D eigenvalue weighted by atomic mass is 10.1. The van der Waals surface area contributed by atoms with Gasteiger partial charge in [0.05, 0.1) is 25.3 Å². The van der Waals surface area contributed by atoms with Crippen LogP contribution in [-0.2, 0) is 14.8 Å². The van der Waals surface area contributed by atoms with Gasteiger partial charge >= 0.3 is 0 Å². The fourth-order valence-corrected chi connectivity index (χ4v) is 3.80. The van der Waals surface area contributed by atoms with Crippen molar-refractivity contribution in [1.82, 2.24) is 5.43 Å². The van der Waals surface area contributed by atoms with Gasteiger partial charge in [0, 0.05) is 10.0 Å². The molecule has 0 spiro atoms. The molecule has 0 radical (unpaired) electrons. The first kappa shape index (κ1) is 21.9. The van der Waals surface area contributed by atoms with E-state index in [-0.39, 0.29) is 6.54 Å². The third-order valence-corrected chi connectivity index (χ3v) is 5.53. The number of halogens is 1. The standard InChI is InChI=1S/C19H22BrN3O4S/c1-13-5-6-14(2)17(9-13)23(28(4,25)26)12-19(24)22-21-11-15-10-16(20)7-8-18(15)27-3/h5-11H,12H2,1-4H3,(H,22,24)/b21-11-. The quantitative estimate of drug-likeness (QED) is 0.500. The molecule has 2 aromatic rings. The number of aryl methyl sites for hydroxylation is 2. The van der Waals surface area contributed by atoms with Crippen LogP contribution in [0.25, 0.3) is 0 Å². The number of hydrogen-bond donors (Lipinski definition) is 1. The molecule has 0 aliphatic carbocycles. The van der Waals surface area contributed by atoms with Gasteiger partial charge in [0.1, 0.15) is 12.3 Å². The molecular weight excluding hydrogens is 446 g/mol. The van der Waals surface area contributed by atoms with Crippen molar-refractivity contribution >= 4 is 43.8 Å². The number of ether oxygens (including phenoxy) is 1. The highest BCUT2D eigenvalue weighted by molar-refractivity contribution is 9.10. The Balaban J connectivity index is 2.17. The fraction of sp³-hybridized carbons (Fsp3) is 0.263. The topological polar surface area (TPSA) is 88.1 Å². The van der Waals surface area contributed by atoms with Crippen molar-refractivity contribution in [1.29, 1.82) is 0 Å². The van der Waals surface area contributed by atoms with Gasteiger partial charge in [0.25, 0.3) is 5.91 Å². The summed E-state index contributed by atoms with van der Waals surface area (Å²) in [6.07, 6.45) is 2.50. The summed E-state index contributed by atoms with van der Waals surface area (Å²) in [5, 5.41) is 3.91. The van der Waals surface area contributed by atoms with Gasteiger partial charge in [-0.2, -0.15) is 5.10 Å². The minimum absolute atomic E-state index is 0.379. The average molecular weight is 468 g/mol. The molecule has 1 N–H and O–H groups in total. The number of nitrogens with one attached hydrogen (secondary N) is 1. The molecule has 0 saturated heterocycles. The Morgan fingerprint density at radius 2 is 1.96 bits per heavy atom. The SMILES string of the molecule is COc1ccc(Br)cc1/C=N\NC(=O)CN(c1cc(C)ccc1C)S(C)(=O)=O. The zero-order chi connectivity index (χ0) is 20.9. The average Bonchev–Trinajstić information content (AvgIpc) is 2.61. The molecule has 1 amide bonds. The number of hydrogen-bond acceptors (Lipinski definition) is 5. The molecule has 0 bridgehead atoms. The number of rotatable bonds is 7. The van der Waals surface area contributed by atoms with E-state index in [1.54, 1.807) is 25.1 Å². The van der Waals surface area contributed by atoms with Crippen LogP contribution in [0.4, 0.5) is 5.69 Å². The molecule has 0 atom stereocenters. The van der Waals surface area contributed by atoms with E-state index < -0.39 is 15.9 Å². The van der Waals surface area contributed by atoms with Crippen molar-refractivity contribution in [3.05, 3.63) is 57.6 Å². The highest BCUT2D eigenvalue weighted by Crippen LogP contribution is 2.24. The Morgan fingerprint density at radius 3 is 2.61 bits per heavy atom. The number of carbonyl (C=O) groups is 1. The van der Waals surface area contributed by atoms with Crippen LogP contribution in [0.1, 0.15) is 16.7 Å². The van der Waals surface area contributed by atoms with E-state index in [1.807, 2.05) is 25.1 Å². The molecule has 9 heteroatoms. The Kier molecular flexibility index (Phi) is 7.20. The minimum atomic E-state index is -3.65.